The zero-order chi connectivity index (χ0) is 23.0. The molecule has 3 amide bonds. The van der Waals surface area contributed by atoms with Crippen LogP contribution in [0.3, 0.4) is 0 Å². The predicted octanol–water partition coefficient (Wildman–Crippen LogP) is 3.05. The minimum absolute atomic E-state index is 0.0290. The number of nitrogens with zero attached hydrogens (tertiary/aromatic N) is 4. The highest BCUT2D eigenvalue weighted by atomic mass is 32.2. The Bertz CT molecular complexity index is 1210. The molecule has 168 valence electrons. The van der Waals surface area contributed by atoms with E-state index in [1.54, 1.807) is 31.6 Å². The van der Waals surface area contributed by atoms with E-state index < -0.39 is 11.9 Å². The lowest BCUT2D eigenvalue weighted by Crippen LogP contribution is -2.39. The second-order valence-electron chi connectivity index (χ2n) is 6.67. The van der Waals surface area contributed by atoms with Gasteiger partial charge in [-0.3, -0.25) is 19.7 Å². The molecule has 11 heteroatoms. The average molecular weight is 465 g/mol. The third-order valence-electron chi connectivity index (χ3n) is 4.49. The zero-order valence-electron chi connectivity index (χ0n) is 17.6. The number of hydrogen-bond acceptors (Lipinski definition) is 8. The summed E-state index contributed by atoms with van der Waals surface area (Å²) in [6.45, 7) is 0.181. The molecule has 0 saturated heterocycles. The first-order chi connectivity index (χ1) is 16.1. The summed E-state index contributed by atoms with van der Waals surface area (Å²) in [5.41, 5.74) is 1.62. The van der Waals surface area contributed by atoms with Crippen LogP contribution in [0, 0.1) is 0 Å². The third kappa shape index (κ3) is 5.57. The molecule has 0 unspecified atom stereocenters. The van der Waals surface area contributed by atoms with Gasteiger partial charge < -0.3 is 14.5 Å². The van der Waals surface area contributed by atoms with Gasteiger partial charge in [0.1, 0.15) is 11.5 Å². The average Bonchev–Trinajstić information content (AvgIpc) is 3.52. The first kappa shape index (κ1) is 22.1. The number of pyridine rings is 1. The lowest BCUT2D eigenvalue weighted by molar-refractivity contribution is -0.117. The SMILES string of the molecule is COc1ccc(-n2c(SCC(=O)NC(=O)NCc3ccco3)nnc2-c2ccncc2)cc1. The molecule has 4 aromatic rings. The van der Waals surface area contributed by atoms with E-state index in [-0.39, 0.29) is 12.3 Å². The lowest BCUT2D eigenvalue weighted by atomic mass is 10.2. The Morgan fingerprint density at radius 2 is 1.88 bits per heavy atom. The highest BCUT2D eigenvalue weighted by Gasteiger charge is 2.18. The number of methoxy groups -OCH3 is 1. The van der Waals surface area contributed by atoms with Crippen LogP contribution >= 0.6 is 11.8 Å². The minimum atomic E-state index is -0.605. The summed E-state index contributed by atoms with van der Waals surface area (Å²) < 4.78 is 12.2. The summed E-state index contributed by atoms with van der Waals surface area (Å²) in [5, 5.41) is 13.9. The van der Waals surface area contributed by atoms with Crippen LogP contribution in [0.15, 0.2) is 76.8 Å². The van der Waals surface area contributed by atoms with Crippen molar-refractivity contribution in [2.45, 2.75) is 11.7 Å². The quantitative estimate of drug-likeness (QED) is 0.381. The molecule has 0 spiro atoms. The molecule has 0 aliphatic heterocycles. The molecule has 0 atom stereocenters. The van der Waals surface area contributed by atoms with Crippen LogP contribution in [-0.4, -0.2) is 44.5 Å². The van der Waals surface area contributed by atoms with Crippen molar-refractivity contribution in [2.24, 2.45) is 0 Å². The zero-order valence-corrected chi connectivity index (χ0v) is 18.4. The van der Waals surface area contributed by atoms with Crippen molar-refractivity contribution < 1.29 is 18.7 Å². The molecule has 0 fully saturated rings. The number of ether oxygens (including phenoxy) is 1. The number of benzene rings is 1. The predicted molar refractivity (Wildman–Crippen MR) is 121 cm³/mol. The highest BCUT2D eigenvalue weighted by Crippen LogP contribution is 2.28. The van der Waals surface area contributed by atoms with E-state index in [4.69, 9.17) is 9.15 Å². The molecule has 0 saturated carbocycles. The first-order valence-corrected chi connectivity index (χ1v) is 10.9. The number of furan rings is 1. The Kier molecular flexibility index (Phi) is 7.00. The topological polar surface area (TPSA) is 124 Å². The van der Waals surface area contributed by atoms with Crippen LogP contribution in [0.1, 0.15) is 5.76 Å². The van der Waals surface area contributed by atoms with Crippen LogP contribution in [0.25, 0.3) is 17.1 Å². The maximum atomic E-state index is 12.3. The summed E-state index contributed by atoms with van der Waals surface area (Å²) in [6.07, 6.45) is 4.85. The molecule has 2 N–H and O–H groups in total. The smallest absolute Gasteiger partial charge is 0.321 e. The summed E-state index contributed by atoms with van der Waals surface area (Å²) in [7, 11) is 1.60. The van der Waals surface area contributed by atoms with Gasteiger partial charge in [0.05, 0.1) is 25.7 Å². The number of urea groups is 1. The second kappa shape index (κ2) is 10.5. The second-order valence-corrected chi connectivity index (χ2v) is 7.62. The van der Waals surface area contributed by atoms with Gasteiger partial charge in [-0.15, -0.1) is 10.2 Å². The maximum Gasteiger partial charge on any atom is 0.321 e. The number of carbonyl (C=O) groups excluding carboxylic acids is 2. The fourth-order valence-corrected chi connectivity index (χ4v) is 3.68. The summed E-state index contributed by atoms with van der Waals surface area (Å²) in [5.74, 6) is 1.40. The van der Waals surface area contributed by atoms with Gasteiger partial charge in [0.25, 0.3) is 0 Å². The number of nitrogens with one attached hydrogen (secondary N) is 2. The largest absolute Gasteiger partial charge is 0.497 e. The molecule has 0 aliphatic carbocycles. The Labute approximate surface area is 193 Å². The van der Waals surface area contributed by atoms with Gasteiger partial charge >= 0.3 is 6.03 Å². The summed E-state index contributed by atoms with van der Waals surface area (Å²) >= 11 is 1.17. The number of hydrogen-bond donors (Lipinski definition) is 2. The lowest BCUT2D eigenvalue weighted by Gasteiger charge is -2.11. The first-order valence-electron chi connectivity index (χ1n) is 9.87. The van der Waals surface area contributed by atoms with Crippen LogP contribution in [0.4, 0.5) is 4.79 Å². The van der Waals surface area contributed by atoms with Gasteiger partial charge in [-0.05, 0) is 48.5 Å². The summed E-state index contributed by atoms with van der Waals surface area (Å²) in [6, 6.07) is 13.9. The van der Waals surface area contributed by atoms with Crippen molar-refractivity contribution in [3.8, 4) is 22.8 Å². The number of amides is 3. The Balaban J connectivity index is 1.47. The molecule has 0 bridgehead atoms. The number of imide groups is 1. The van der Waals surface area contributed by atoms with E-state index in [1.165, 1.54) is 18.0 Å². The van der Waals surface area contributed by atoms with E-state index in [1.807, 2.05) is 41.0 Å². The standard InChI is InChI=1S/C22H20N6O4S/c1-31-17-6-4-16(5-7-17)28-20(15-8-10-23-11-9-15)26-27-22(28)33-14-19(29)25-21(30)24-13-18-3-2-12-32-18/h2-12H,13-14H2,1H3,(H2,24,25,29,30). The van der Waals surface area contributed by atoms with Crippen molar-refractivity contribution in [3.05, 3.63) is 72.9 Å². The van der Waals surface area contributed by atoms with E-state index in [0.717, 1.165) is 11.3 Å². The normalized spacial score (nSPS) is 10.6. The van der Waals surface area contributed by atoms with Crippen LogP contribution < -0.4 is 15.4 Å². The Morgan fingerprint density at radius 1 is 1.09 bits per heavy atom. The molecule has 4 rings (SSSR count). The Morgan fingerprint density at radius 3 is 2.58 bits per heavy atom. The van der Waals surface area contributed by atoms with Gasteiger partial charge in [0.2, 0.25) is 5.91 Å². The monoisotopic (exact) mass is 464 g/mol. The van der Waals surface area contributed by atoms with E-state index in [2.05, 4.69) is 25.8 Å². The van der Waals surface area contributed by atoms with Crippen molar-refractivity contribution >= 4 is 23.7 Å². The third-order valence-corrected chi connectivity index (χ3v) is 5.42. The molecule has 10 nitrogen and oxygen atoms in total. The van der Waals surface area contributed by atoms with Crippen molar-refractivity contribution in [3.63, 3.8) is 0 Å². The fraction of sp³-hybridized carbons (Fsp3) is 0.136. The van der Waals surface area contributed by atoms with Crippen molar-refractivity contribution in [1.29, 1.82) is 0 Å². The highest BCUT2D eigenvalue weighted by molar-refractivity contribution is 7.99. The molecular weight excluding hydrogens is 444 g/mol. The van der Waals surface area contributed by atoms with Gasteiger partial charge in [0, 0.05) is 23.6 Å². The number of thioether (sulfide) groups is 1. The van der Waals surface area contributed by atoms with Gasteiger partial charge in [-0.25, -0.2) is 4.79 Å². The van der Waals surface area contributed by atoms with Gasteiger partial charge in [0.15, 0.2) is 11.0 Å². The van der Waals surface area contributed by atoms with Crippen LogP contribution in [-0.2, 0) is 11.3 Å². The molecule has 33 heavy (non-hydrogen) atoms. The fourth-order valence-electron chi connectivity index (χ4n) is 2.93. The molecule has 3 aromatic heterocycles. The van der Waals surface area contributed by atoms with Gasteiger partial charge in [-0.2, -0.15) is 0 Å². The van der Waals surface area contributed by atoms with Crippen LogP contribution in [0.2, 0.25) is 0 Å². The van der Waals surface area contributed by atoms with Crippen molar-refractivity contribution in [1.82, 2.24) is 30.4 Å². The van der Waals surface area contributed by atoms with Gasteiger partial charge in [-0.1, -0.05) is 11.8 Å². The number of carbonyl (C=O) groups is 2. The van der Waals surface area contributed by atoms with E-state index >= 15 is 0 Å². The molecule has 1 aromatic carbocycles. The van der Waals surface area contributed by atoms with E-state index in [9.17, 15) is 9.59 Å². The number of rotatable bonds is 8. The van der Waals surface area contributed by atoms with Crippen LogP contribution in [0.5, 0.6) is 5.75 Å². The molecule has 0 radical (unpaired) electrons. The maximum absolute atomic E-state index is 12.3. The number of aromatic nitrogens is 4. The Hall–Kier alpha value is -4.12. The summed E-state index contributed by atoms with van der Waals surface area (Å²) in [4.78, 5) is 28.3. The molecule has 3 heterocycles. The van der Waals surface area contributed by atoms with E-state index in [0.29, 0.717) is 22.5 Å². The minimum Gasteiger partial charge on any atom is -0.497 e. The van der Waals surface area contributed by atoms with Crippen molar-refractivity contribution in [2.75, 3.05) is 12.9 Å². The molecular formula is C22H20N6O4S. The molecule has 0 aliphatic rings.